The highest BCUT2D eigenvalue weighted by molar-refractivity contribution is 9.11. The quantitative estimate of drug-likeness (QED) is 0.768. The summed E-state index contributed by atoms with van der Waals surface area (Å²) >= 11 is 6.90. The van der Waals surface area contributed by atoms with E-state index in [1.54, 1.807) is 0 Å². The molecule has 2 rings (SSSR count). The summed E-state index contributed by atoms with van der Waals surface area (Å²) in [7, 11) is 0. The van der Waals surface area contributed by atoms with E-state index < -0.39 is 0 Å². The zero-order valence-electron chi connectivity index (χ0n) is 7.27. The van der Waals surface area contributed by atoms with E-state index in [2.05, 4.69) is 37.2 Å². The van der Waals surface area contributed by atoms with Crippen molar-refractivity contribution in [3.05, 3.63) is 26.6 Å². The van der Waals surface area contributed by atoms with E-state index in [4.69, 9.17) is 1.41 Å². The first-order chi connectivity index (χ1) is 6.16. The maximum absolute atomic E-state index is 7.48. The molecule has 0 atom stereocenters. The van der Waals surface area contributed by atoms with Gasteiger partial charge in [-0.05, 0) is 33.6 Å². The van der Waals surface area contributed by atoms with Gasteiger partial charge in [0.05, 0.1) is 12.4 Å². The maximum Gasteiger partial charge on any atom is 0.124 e. The molecular weight excluding hydrogens is 284 g/mol. The smallest absolute Gasteiger partial charge is 0.124 e. The van der Waals surface area contributed by atoms with Crippen LogP contribution in [0.4, 0.5) is 5.69 Å². The Labute approximate surface area is 89.5 Å². The van der Waals surface area contributed by atoms with Crippen molar-refractivity contribution in [1.82, 2.24) is 5.31 Å². The number of hydrogen-bond donors (Lipinski definition) is 2. The Balaban J connectivity index is 2.47. The fraction of sp³-hybridized carbons (Fsp3) is 0.250. The van der Waals surface area contributed by atoms with Crippen LogP contribution in [0.3, 0.4) is 0 Å². The summed E-state index contributed by atoms with van der Waals surface area (Å²) in [4.78, 5) is 0. The zero-order chi connectivity index (χ0) is 9.42. The fourth-order valence-corrected chi connectivity index (χ4v) is 2.71. The van der Waals surface area contributed by atoms with Crippen LogP contribution in [0, 0.1) is 0 Å². The predicted molar refractivity (Wildman–Crippen MR) is 57.2 cm³/mol. The highest BCUT2D eigenvalue weighted by atomic mass is 79.9. The molecule has 0 aliphatic carbocycles. The lowest BCUT2D eigenvalue weighted by Crippen LogP contribution is -2.27. The van der Waals surface area contributed by atoms with Gasteiger partial charge in [-0.1, -0.05) is 15.9 Å². The van der Waals surface area contributed by atoms with Crippen molar-refractivity contribution in [2.24, 2.45) is 0 Å². The van der Waals surface area contributed by atoms with Gasteiger partial charge in [0.15, 0.2) is 0 Å². The van der Waals surface area contributed by atoms with Crippen molar-refractivity contribution in [3.8, 4) is 0 Å². The standard InChI is InChI=1S/C8H8Br2N2/c9-6-1-5-3-11-4-12-8(5)7(10)2-6/h1-2,11-12H,3-4H2/i/hD. The van der Waals surface area contributed by atoms with Crippen LogP contribution >= 0.6 is 31.9 Å². The molecule has 0 saturated heterocycles. The minimum atomic E-state index is 0.577. The third kappa shape index (κ3) is 1.51. The Morgan fingerprint density at radius 2 is 2.25 bits per heavy atom. The predicted octanol–water partition coefficient (Wildman–Crippen LogP) is 2.68. The zero-order valence-corrected chi connectivity index (χ0v) is 9.44. The van der Waals surface area contributed by atoms with E-state index in [9.17, 15) is 0 Å². The second-order valence-corrected chi connectivity index (χ2v) is 4.41. The van der Waals surface area contributed by atoms with Crippen LogP contribution in [0.5, 0.6) is 0 Å². The largest absolute Gasteiger partial charge is 0.371 e. The molecule has 1 aromatic rings. The van der Waals surface area contributed by atoms with E-state index in [1.165, 1.54) is 5.31 Å². The third-order valence-corrected chi connectivity index (χ3v) is 2.87. The maximum atomic E-state index is 7.48. The van der Waals surface area contributed by atoms with E-state index >= 15 is 0 Å². The summed E-state index contributed by atoms with van der Waals surface area (Å²) in [6, 6.07) is 4.04. The molecular formula is C8H8Br2N2. The molecule has 1 aromatic carbocycles. The first kappa shape index (κ1) is 7.35. The molecule has 1 aliphatic heterocycles. The van der Waals surface area contributed by atoms with Gasteiger partial charge in [0.1, 0.15) is 1.41 Å². The molecule has 2 N–H and O–H groups in total. The third-order valence-electron chi connectivity index (χ3n) is 1.79. The fourth-order valence-electron chi connectivity index (χ4n) is 1.26. The number of fused-ring (bicyclic) bond motifs is 1. The van der Waals surface area contributed by atoms with Gasteiger partial charge in [-0.25, -0.2) is 0 Å². The van der Waals surface area contributed by atoms with E-state index in [-0.39, 0.29) is 0 Å². The Bertz CT molecular complexity index is 343. The Morgan fingerprint density at radius 3 is 3.08 bits per heavy atom. The summed E-state index contributed by atoms with van der Waals surface area (Å²) in [5, 5.41) is 4.67. The first-order valence-corrected chi connectivity index (χ1v) is 5.21. The van der Waals surface area contributed by atoms with Crippen LogP contribution in [-0.2, 0) is 6.54 Å². The molecule has 64 valence electrons. The van der Waals surface area contributed by atoms with Crippen molar-refractivity contribution in [1.29, 1.82) is 0 Å². The van der Waals surface area contributed by atoms with Gasteiger partial charge in [-0.3, -0.25) is 5.31 Å². The SMILES string of the molecule is [2H]N1CNc2c(Br)cc(Br)cc2C1. The molecule has 0 radical (unpaired) electrons. The van der Waals surface area contributed by atoms with Gasteiger partial charge < -0.3 is 5.32 Å². The lowest BCUT2D eigenvalue weighted by atomic mass is 10.1. The summed E-state index contributed by atoms with van der Waals surface area (Å²) in [5.74, 6) is 0. The van der Waals surface area contributed by atoms with E-state index in [0.29, 0.717) is 13.2 Å². The topological polar surface area (TPSA) is 24.1 Å². The summed E-state index contributed by atoms with van der Waals surface area (Å²) in [6.07, 6.45) is 0. The molecule has 0 saturated carbocycles. The molecule has 2 nitrogen and oxygen atoms in total. The van der Waals surface area contributed by atoms with Crippen LogP contribution < -0.4 is 10.6 Å². The monoisotopic (exact) mass is 291 g/mol. The Hall–Kier alpha value is -0.0600. The molecule has 0 amide bonds. The van der Waals surface area contributed by atoms with Crippen LogP contribution in [0.15, 0.2) is 21.1 Å². The minimum absolute atomic E-state index is 0.577. The normalized spacial score (nSPS) is 18.0. The van der Waals surface area contributed by atoms with Gasteiger partial charge >= 0.3 is 0 Å². The minimum Gasteiger partial charge on any atom is -0.371 e. The van der Waals surface area contributed by atoms with Crippen LogP contribution in [-0.4, -0.2) is 6.67 Å². The van der Waals surface area contributed by atoms with Gasteiger partial charge in [0.25, 0.3) is 0 Å². The molecule has 0 bridgehead atoms. The number of hydrogen-bond acceptors (Lipinski definition) is 2. The molecule has 0 fully saturated rings. The lowest BCUT2D eigenvalue weighted by Gasteiger charge is -2.20. The van der Waals surface area contributed by atoms with Crippen molar-refractivity contribution >= 4 is 37.5 Å². The lowest BCUT2D eigenvalue weighted by molar-refractivity contribution is 0.708. The second-order valence-electron chi connectivity index (χ2n) is 2.64. The molecule has 0 unspecified atom stereocenters. The molecule has 1 aliphatic rings. The highest BCUT2D eigenvalue weighted by Gasteiger charge is 2.11. The summed E-state index contributed by atoms with van der Waals surface area (Å²) < 4.78 is 9.57. The average molecular weight is 293 g/mol. The molecule has 12 heavy (non-hydrogen) atoms. The first-order valence-electron chi connectivity index (χ1n) is 4.07. The van der Waals surface area contributed by atoms with Crippen molar-refractivity contribution in [2.75, 3.05) is 12.0 Å². The van der Waals surface area contributed by atoms with Crippen molar-refractivity contribution < 1.29 is 1.41 Å². The van der Waals surface area contributed by atoms with Crippen LogP contribution in [0.2, 0.25) is 1.41 Å². The van der Waals surface area contributed by atoms with Gasteiger partial charge in [-0.15, -0.1) is 0 Å². The molecule has 0 aromatic heterocycles. The van der Waals surface area contributed by atoms with Gasteiger partial charge in [0.2, 0.25) is 0 Å². The van der Waals surface area contributed by atoms with Crippen LogP contribution in [0.25, 0.3) is 0 Å². The van der Waals surface area contributed by atoms with E-state index in [1.807, 2.05) is 12.1 Å². The van der Waals surface area contributed by atoms with Crippen molar-refractivity contribution in [2.45, 2.75) is 6.54 Å². The number of nitrogens with one attached hydrogen (secondary N) is 2. The number of anilines is 1. The summed E-state index contributed by atoms with van der Waals surface area (Å²) in [5.41, 5.74) is 2.24. The van der Waals surface area contributed by atoms with Crippen molar-refractivity contribution in [3.63, 3.8) is 0 Å². The number of rotatable bonds is 0. The average Bonchev–Trinajstić information content (AvgIpc) is 2.02. The van der Waals surface area contributed by atoms with Gasteiger partial charge in [0, 0.05) is 15.5 Å². The number of halogens is 2. The van der Waals surface area contributed by atoms with Crippen LogP contribution in [0.1, 0.15) is 5.56 Å². The molecule has 0 spiro atoms. The van der Waals surface area contributed by atoms with E-state index in [0.717, 1.165) is 20.2 Å². The second kappa shape index (κ2) is 3.36. The Morgan fingerprint density at radius 1 is 1.42 bits per heavy atom. The van der Waals surface area contributed by atoms with Gasteiger partial charge in [-0.2, -0.15) is 0 Å². The molecule has 4 heteroatoms. The summed E-state index contributed by atoms with van der Waals surface area (Å²) in [6.45, 7) is 1.24. The highest BCUT2D eigenvalue weighted by Crippen LogP contribution is 2.31. The molecule has 1 heterocycles. The number of benzene rings is 1. The Kier molecular flexibility index (Phi) is 2.06.